The Morgan fingerprint density at radius 1 is 0.585 bits per heavy atom. The van der Waals surface area contributed by atoms with Crippen molar-refractivity contribution < 1.29 is 38.2 Å². The molecule has 0 fully saturated rings. The van der Waals surface area contributed by atoms with E-state index in [1.54, 1.807) is 21.1 Å². The molecular formula is C45H71NO7. The Bertz CT molecular complexity index is 1180. The number of rotatable bonds is 33. The standard InChI is InChI=1S/C45H71NO7/c1-6-8-10-12-14-16-18-20-21-22-24-26-28-30-32-34-36-44(48)53-41(39-51-38-37-42(45(49)50)46(3,4)5)40-52-43(47)35-33-31-29-27-25-23-19-17-15-13-11-9-7-2/h8-11,13-17,19-21,24,26,30,32,41-42H,6-7,12,18,22-23,25,27-29,31,33-40H2,1-5H3/b10-8+,11-9+,15-13+,16-14+,19-17+,21-20+,26-24+,32-30+. The normalized spacial score (nSPS) is 14.1. The molecule has 0 saturated heterocycles. The maximum Gasteiger partial charge on any atom is 0.306 e. The molecule has 0 radical (unpaired) electrons. The number of quaternary nitrogens is 1. The summed E-state index contributed by atoms with van der Waals surface area (Å²) in [5, 5.41) is 11.6. The van der Waals surface area contributed by atoms with Gasteiger partial charge in [-0.05, 0) is 64.2 Å². The second-order valence-electron chi connectivity index (χ2n) is 13.8. The molecule has 0 N–H and O–H groups in total. The number of hydrogen-bond donors (Lipinski definition) is 0. The monoisotopic (exact) mass is 738 g/mol. The van der Waals surface area contributed by atoms with Crippen LogP contribution in [0.4, 0.5) is 0 Å². The van der Waals surface area contributed by atoms with Crippen LogP contribution in [-0.2, 0) is 28.6 Å². The predicted molar refractivity (Wildman–Crippen MR) is 217 cm³/mol. The number of esters is 2. The van der Waals surface area contributed by atoms with E-state index < -0.39 is 24.1 Å². The topological polar surface area (TPSA) is 102 Å². The highest BCUT2D eigenvalue weighted by Gasteiger charge is 2.25. The number of allylic oxidation sites excluding steroid dienone is 16. The van der Waals surface area contributed by atoms with Crippen LogP contribution < -0.4 is 5.11 Å². The van der Waals surface area contributed by atoms with E-state index >= 15 is 0 Å². The number of hydrogen-bond acceptors (Lipinski definition) is 7. The Balaban J connectivity index is 4.59. The van der Waals surface area contributed by atoms with E-state index in [2.05, 4.69) is 86.8 Å². The van der Waals surface area contributed by atoms with Gasteiger partial charge >= 0.3 is 11.9 Å². The Morgan fingerprint density at radius 3 is 1.72 bits per heavy atom. The molecule has 0 rings (SSSR count). The van der Waals surface area contributed by atoms with Gasteiger partial charge in [0.25, 0.3) is 0 Å². The number of carboxylic acid groups (broad SMARTS) is 1. The zero-order chi connectivity index (χ0) is 39.3. The number of carbonyl (C=O) groups is 3. The Labute approximate surface area is 322 Å². The maximum atomic E-state index is 12.6. The maximum absolute atomic E-state index is 12.6. The van der Waals surface area contributed by atoms with Gasteiger partial charge in [0, 0.05) is 19.3 Å². The highest BCUT2D eigenvalue weighted by molar-refractivity contribution is 5.70. The lowest BCUT2D eigenvalue weighted by atomic mass is 10.1. The highest BCUT2D eigenvalue weighted by Crippen LogP contribution is 2.11. The number of likely N-dealkylation sites (N-methyl/N-ethyl adjacent to an activating group) is 1. The molecule has 0 aliphatic carbocycles. The van der Waals surface area contributed by atoms with E-state index in [0.29, 0.717) is 12.8 Å². The number of ether oxygens (including phenoxy) is 3. The van der Waals surface area contributed by atoms with Crippen molar-refractivity contribution >= 4 is 17.9 Å². The summed E-state index contributed by atoms with van der Waals surface area (Å²) < 4.78 is 17.0. The first kappa shape index (κ1) is 49.2. The van der Waals surface area contributed by atoms with E-state index in [4.69, 9.17) is 14.2 Å². The quantitative estimate of drug-likeness (QED) is 0.0218. The van der Waals surface area contributed by atoms with Gasteiger partial charge in [-0.25, -0.2) is 0 Å². The van der Waals surface area contributed by atoms with Gasteiger partial charge in [0.1, 0.15) is 12.6 Å². The third-order valence-corrected chi connectivity index (χ3v) is 8.04. The Hall–Kier alpha value is -3.75. The van der Waals surface area contributed by atoms with Crippen molar-refractivity contribution in [3.8, 4) is 0 Å². The molecule has 0 bridgehead atoms. The molecule has 298 valence electrons. The minimum absolute atomic E-state index is 0.00270. The summed E-state index contributed by atoms with van der Waals surface area (Å²) in [6.45, 7) is 4.27. The number of carbonyl (C=O) groups excluding carboxylic acids is 3. The van der Waals surface area contributed by atoms with E-state index in [1.165, 1.54) is 0 Å². The van der Waals surface area contributed by atoms with Crippen LogP contribution in [0.2, 0.25) is 0 Å². The molecule has 0 spiro atoms. The summed E-state index contributed by atoms with van der Waals surface area (Å²) in [6, 6.07) is -0.746. The Morgan fingerprint density at radius 2 is 1.13 bits per heavy atom. The number of nitrogens with zero attached hydrogens (tertiary/aromatic N) is 1. The van der Waals surface area contributed by atoms with Crippen molar-refractivity contribution in [2.75, 3.05) is 41.0 Å². The third kappa shape index (κ3) is 33.8. The zero-order valence-corrected chi connectivity index (χ0v) is 33.6. The molecule has 8 heteroatoms. The van der Waals surface area contributed by atoms with Crippen molar-refractivity contribution in [3.63, 3.8) is 0 Å². The molecule has 0 saturated carbocycles. The molecule has 53 heavy (non-hydrogen) atoms. The average Bonchev–Trinajstić information content (AvgIpc) is 3.11. The highest BCUT2D eigenvalue weighted by atomic mass is 16.6. The fraction of sp³-hybridized carbons (Fsp3) is 0.578. The summed E-state index contributed by atoms with van der Waals surface area (Å²) in [5.74, 6) is -1.89. The number of aliphatic carboxylic acids is 1. The minimum Gasteiger partial charge on any atom is -0.544 e. The molecule has 0 aromatic rings. The first-order chi connectivity index (χ1) is 25.6. The van der Waals surface area contributed by atoms with Crippen molar-refractivity contribution in [2.45, 2.75) is 129 Å². The van der Waals surface area contributed by atoms with Crippen LogP contribution in [-0.4, -0.2) is 75.5 Å². The molecule has 0 amide bonds. The van der Waals surface area contributed by atoms with Crippen molar-refractivity contribution in [1.29, 1.82) is 0 Å². The molecule has 0 aromatic carbocycles. The van der Waals surface area contributed by atoms with Gasteiger partial charge in [0.15, 0.2) is 6.10 Å². The smallest absolute Gasteiger partial charge is 0.306 e. The first-order valence-corrected chi connectivity index (χ1v) is 19.8. The fourth-order valence-electron chi connectivity index (χ4n) is 5.00. The first-order valence-electron chi connectivity index (χ1n) is 19.8. The van der Waals surface area contributed by atoms with Gasteiger partial charge in [-0.3, -0.25) is 9.59 Å². The van der Waals surface area contributed by atoms with Crippen LogP contribution in [0.25, 0.3) is 0 Å². The van der Waals surface area contributed by atoms with Gasteiger partial charge in [-0.15, -0.1) is 0 Å². The van der Waals surface area contributed by atoms with Crippen LogP contribution >= 0.6 is 0 Å². The summed E-state index contributed by atoms with van der Waals surface area (Å²) in [5.41, 5.74) is 0. The van der Waals surface area contributed by atoms with Gasteiger partial charge in [-0.2, -0.15) is 0 Å². The SMILES string of the molecule is CC/C=C/C=C/C=C/CCCCCCCC(=O)OCC(COCCC(C(=O)[O-])[N+](C)(C)C)OC(=O)CC/C=C/C/C=C/C/C=C/C/C=C/C/C=C/CC. The molecule has 0 aromatic heterocycles. The Kier molecular flexibility index (Phi) is 32.8. The van der Waals surface area contributed by atoms with Crippen LogP contribution in [0.1, 0.15) is 117 Å². The van der Waals surface area contributed by atoms with Crippen LogP contribution in [0.5, 0.6) is 0 Å². The van der Waals surface area contributed by atoms with Crippen LogP contribution in [0.3, 0.4) is 0 Å². The fourth-order valence-corrected chi connectivity index (χ4v) is 5.00. The largest absolute Gasteiger partial charge is 0.544 e. The van der Waals surface area contributed by atoms with E-state index in [0.717, 1.165) is 77.0 Å². The summed E-state index contributed by atoms with van der Waals surface area (Å²) in [6.07, 6.45) is 45.9. The second-order valence-corrected chi connectivity index (χ2v) is 13.8. The predicted octanol–water partition coefficient (Wildman–Crippen LogP) is 9.01. The van der Waals surface area contributed by atoms with E-state index in [9.17, 15) is 19.5 Å². The van der Waals surface area contributed by atoms with E-state index in [-0.39, 0.29) is 43.1 Å². The lowest BCUT2D eigenvalue weighted by molar-refractivity contribution is -0.889. The molecule has 2 atom stereocenters. The molecule has 0 aliphatic heterocycles. The van der Waals surface area contributed by atoms with Crippen LogP contribution in [0.15, 0.2) is 97.2 Å². The van der Waals surface area contributed by atoms with Gasteiger partial charge in [0.05, 0.1) is 40.3 Å². The summed E-state index contributed by atoms with van der Waals surface area (Å²) >= 11 is 0. The molecular weight excluding hydrogens is 666 g/mol. The van der Waals surface area contributed by atoms with Crippen molar-refractivity contribution in [1.82, 2.24) is 0 Å². The molecule has 2 unspecified atom stereocenters. The number of unbranched alkanes of at least 4 members (excludes halogenated alkanes) is 5. The average molecular weight is 738 g/mol. The van der Waals surface area contributed by atoms with Gasteiger partial charge in [0.2, 0.25) is 0 Å². The lowest BCUT2D eigenvalue weighted by Crippen LogP contribution is -2.55. The zero-order valence-electron chi connectivity index (χ0n) is 33.6. The number of carboxylic acids is 1. The third-order valence-electron chi connectivity index (χ3n) is 8.04. The molecule has 0 aliphatic rings. The van der Waals surface area contributed by atoms with Crippen molar-refractivity contribution in [3.05, 3.63) is 97.2 Å². The second kappa shape index (κ2) is 35.3. The van der Waals surface area contributed by atoms with Crippen molar-refractivity contribution in [2.24, 2.45) is 0 Å². The lowest BCUT2D eigenvalue weighted by Gasteiger charge is -2.34. The summed E-state index contributed by atoms with van der Waals surface area (Å²) in [4.78, 5) is 36.7. The molecule has 8 nitrogen and oxygen atoms in total. The van der Waals surface area contributed by atoms with Gasteiger partial charge < -0.3 is 28.6 Å². The summed E-state index contributed by atoms with van der Waals surface area (Å²) in [7, 11) is 5.35. The molecule has 0 heterocycles. The van der Waals surface area contributed by atoms with Crippen LogP contribution in [0, 0.1) is 0 Å². The van der Waals surface area contributed by atoms with Gasteiger partial charge in [-0.1, -0.05) is 130 Å². The van der Waals surface area contributed by atoms with E-state index in [1.807, 2.05) is 24.3 Å². The minimum atomic E-state index is -1.15.